The zero-order valence-corrected chi connectivity index (χ0v) is 10.6. The molecule has 2 heterocycles. The predicted octanol–water partition coefficient (Wildman–Crippen LogP) is 1.44. The van der Waals surface area contributed by atoms with Crippen LogP contribution in [0.1, 0.15) is 6.42 Å². The van der Waals surface area contributed by atoms with Gasteiger partial charge in [0.05, 0.1) is 22.6 Å². The molecule has 1 unspecified atom stereocenters. The Morgan fingerprint density at radius 2 is 2.33 bits per heavy atom. The van der Waals surface area contributed by atoms with Crippen LogP contribution in [0.4, 0.5) is 5.82 Å². The summed E-state index contributed by atoms with van der Waals surface area (Å²) in [5, 5.41) is 9.71. The van der Waals surface area contributed by atoms with E-state index in [0.717, 1.165) is 3.57 Å². The molecular weight excluding hydrogens is 330 g/mol. The Balaban J connectivity index is 2.30. The molecule has 0 spiro atoms. The second kappa shape index (κ2) is 4.23. The Kier molecular flexibility index (Phi) is 3.13. The van der Waals surface area contributed by atoms with Crippen LogP contribution in [0.5, 0.6) is 0 Å². The number of aliphatic hydroxyl groups is 1. The summed E-state index contributed by atoms with van der Waals surface area (Å²) >= 11 is 7.92. The van der Waals surface area contributed by atoms with E-state index in [1.54, 1.807) is 12.1 Å². The third-order valence-electron chi connectivity index (χ3n) is 2.17. The van der Waals surface area contributed by atoms with Gasteiger partial charge in [-0.3, -0.25) is 9.69 Å². The van der Waals surface area contributed by atoms with Gasteiger partial charge < -0.3 is 5.11 Å². The first kappa shape index (κ1) is 11.1. The van der Waals surface area contributed by atoms with Crippen LogP contribution in [0, 0.1) is 3.57 Å². The third-order valence-corrected chi connectivity index (χ3v) is 3.65. The molecule has 80 valence electrons. The van der Waals surface area contributed by atoms with Gasteiger partial charge in [0.25, 0.3) is 0 Å². The molecule has 1 aliphatic heterocycles. The fourth-order valence-corrected chi connectivity index (χ4v) is 1.92. The molecule has 0 aromatic carbocycles. The second-order valence-corrected chi connectivity index (χ2v) is 4.82. The van der Waals surface area contributed by atoms with Gasteiger partial charge in [-0.25, -0.2) is 4.98 Å². The predicted molar refractivity (Wildman–Crippen MR) is 64.9 cm³/mol. The van der Waals surface area contributed by atoms with Crippen LogP contribution in [0.2, 0.25) is 5.15 Å². The number of hydrogen-bond donors (Lipinski definition) is 1. The van der Waals surface area contributed by atoms with Crippen molar-refractivity contribution in [3.63, 3.8) is 0 Å². The Hall–Kier alpha value is -0.400. The molecule has 2 rings (SSSR count). The van der Waals surface area contributed by atoms with Crippen molar-refractivity contribution in [2.45, 2.75) is 12.5 Å². The molecule has 1 amide bonds. The van der Waals surface area contributed by atoms with E-state index < -0.39 is 6.10 Å². The molecule has 1 saturated heterocycles. The summed E-state index contributed by atoms with van der Waals surface area (Å²) in [7, 11) is 0. The third kappa shape index (κ3) is 2.24. The van der Waals surface area contributed by atoms with Crippen LogP contribution in [0.25, 0.3) is 0 Å². The highest BCUT2D eigenvalue weighted by atomic mass is 127. The molecule has 15 heavy (non-hydrogen) atoms. The summed E-state index contributed by atoms with van der Waals surface area (Å²) in [5.74, 6) is 0.384. The van der Waals surface area contributed by atoms with Crippen molar-refractivity contribution >= 4 is 45.9 Å². The van der Waals surface area contributed by atoms with Gasteiger partial charge >= 0.3 is 0 Å². The van der Waals surface area contributed by atoms with E-state index in [9.17, 15) is 9.90 Å². The lowest BCUT2D eigenvalue weighted by Gasteiger charge is -2.14. The fraction of sp³-hybridized carbons (Fsp3) is 0.333. The molecule has 0 aliphatic carbocycles. The Morgan fingerprint density at radius 1 is 1.60 bits per heavy atom. The van der Waals surface area contributed by atoms with E-state index >= 15 is 0 Å². The number of nitrogens with zero attached hydrogens (tertiary/aromatic N) is 2. The SMILES string of the molecule is O=C1CC(O)CN1c1ccc(I)c(Cl)n1. The van der Waals surface area contributed by atoms with Crippen LogP contribution in [0.3, 0.4) is 0 Å². The maximum Gasteiger partial charge on any atom is 0.230 e. The lowest BCUT2D eigenvalue weighted by molar-refractivity contribution is -0.117. The van der Waals surface area contributed by atoms with Gasteiger partial charge in [-0.15, -0.1) is 0 Å². The average Bonchev–Trinajstić information content (AvgIpc) is 2.50. The quantitative estimate of drug-likeness (QED) is 0.623. The number of carbonyl (C=O) groups excluding carboxylic acids is 1. The van der Waals surface area contributed by atoms with Crippen LogP contribution in [-0.2, 0) is 4.79 Å². The minimum Gasteiger partial charge on any atom is -0.391 e. The first-order valence-electron chi connectivity index (χ1n) is 4.38. The number of carbonyl (C=O) groups is 1. The number of amides is 1. The van der Waals surface area contributed by atoms with Crippen molar-refractivity contribution in [1.29, 1.82) is 0 Å². The topological polar surface area (TPSA) is 53.4 Å². The monoisotopic (exact) mass is 338 g/mol. The van der Waals surface area contributed by atoms with Gasteiger partial charge in [0.2, 0.25) is 5.91 Å². The lowest BCUT2D eigenvalue weighted by atomic mass is 10.3. The maximum absolute atomic E-state index is 11.5. The van der Waals surface area contributed by atoms with Gasteiger partial charge in [0.15, 0.2) is 0 Å². The van der Waals surface area contributed by atoms with Crippen LogP contribution in [0.15, 0.2) is 12.1 Å². The number of aliphatic hydroxyl groups excluding tert-OH is 1. The van der Waals surface area contributed by atoms with Crippen molar-refractivity contribution < 1.29 is 9.90 Å². The average molecular weight is 339 g/mol. The van der Waals surface area contributed by atoms with Crippen molar-refractivity contribution in [2.75, 3.05) is 11.4 Å². The summed E-state index contributed by atoms with van der Waals surface area (Å²) in [4.78, 5) is 17.0. The van der Waals surface area contributed by atoms with Crippen LogP contribution < -0.4 is 4.90 Å². The van der Waals surface area contributed by atoms with Crippen molar-refractivity contribution in [3.05, 3.63) is 20.9 Å². The molecule has 0 saturated carbocycles. The van der Waals surface area contributed by atoms with Gasteiger partial charge in [0.1, 0.15) is 11.0 Å². The van der Waals surface area contributed by atoms with Crippen molar-refractivity contribution in [2.24, 2.45) is 0 Å². The first-order valence-corrected chi connectivity index (χ1v) is 5.84. The molecule has 0 bridgehead atoms. The molecule has 6 heteroatoms. The molecule has 1 aliphatic rings. The number of β-amino-alcohol motifs (C(OH)–C–C–N with tert-alkyl or cyclic N) is 1. The molecule has 1 atom stereocenters. The van der Waals surface area contributed by atoms with Crippen molar-refractivity contribution in [3.8, 4) is 0 Å². The largest absolute Gasteiger partial charge is 0.391 e. The van der Waals surface area contributed by atoms with E-state index in [1.165, 1.54) is 4.90 Å². The summed E-state index contributed by atoms with van der Waals surface area (Å²) in [6, 6.07) is 3.52. The Labute approximate surface area is 105 Å². The van der Waals surface area contributed by atoms with Crippen LogP contribution in [-0.4, -0.2) is 28.6 Å². The second-order valence-electron chi connectivity index (χ2n) is 3.30. The lowest BCUT2D eigenvalue weighted by Crippen LogP contribution is -2.26. The Morgan fingerprint density at radius 3 is 2.87 bits per heavy atom. The number of anilines is 1. The van der Waals surface area contributed by atoms with Gasteiger partial charge in [-0.05, 0) is 34.7 Å². The molecule has 4 nitrogen and oxygen atoms in total. The van der Waals surface area contributed by atoms with Gasteiger partial charge in [0, 0.05) is 0 Å². The summed E-state index contributed by atoms with van der Waals surface area (Å²) in [5.41, 5.74) is 0. The normalized spacial score (nSPS) is 21.1. The molecule has 1 aromatic heterocycles. The highest BCUT2D eigenvalue weighted by Gasteiger charge is 2.29. The number of aromatic nitrogens is 1. The number of pyridine rings is 1. The zero-order valence-electron chi connectivity index (χ0n) is 7.65. The number of rotatable bonds is 1. The van der Waals surface area contributed by atoms with Gasteiger partial charge in [-0.2, -0.15) is 0 Å². The smallest absolute Gasteiger partial charge is 0.230 e. The minimum absolute atomic E-state index is 0.118. The first-order chi connectivity index (χ1) is 7.08. The zero-order chi connectivity index (χ0) is 11.0. The Bertz CT molecular complexity index is 413. The number of hydrogen-bond acceptors (Lipinski definition) is 3. The van der Waals surface area contributed by atoms with E-state index in [-0.39, 0.29) is 12.3 Å². The fourth-order valence-electron chi connectivity index (χ4n) is 1.47. The highest BCUT2D eigenvalue weighted by molar-refractivity contribution is 14.1. The highest BCUT2D eigenvalue weighted by Crippen LogP contribution is 2.24. The number of halogens is 2. The summed E-state index contributed by atoms with van der Waals surface area (Å²) < 4.78 is 0.838. The van der Waals surface area contributed by atoms with E-state index in [0.29, 0.717) is 17.5 Å². The van der Waals surface area contributed by atoms with Gasteiger partial charge in [-0.1, -0.05) is 11.6 Å². The standard InChI is InChI=1S/C9H8ClIN2O2/c10-9-6(11)1-2-7(12-9)13-4-5(14)3-8(13)15/h1-2,5,14H,3-4H2. The summed E-state index contributed by atoms with van der Waals surface area (Å²) in [6.07, 6.45) is -0.442. The molecule has 1 N–H and O–H groups in total. The summed E-state index contributed by atoms with van der Waals surface area (Å²) in [6.45, 7) is 0.294. The minimum atomic E-state index is -0.600. The van der Waals surface area contributed by atoms with E-state index in [4.69, 9.17) is 11.6 Å². The molecular formula is C9H8ClIN2O2. The van der Waals surface area contributed by atoms with Crippen LogP contribution >= 0.6 is 34.2 Å². The van der Waals surface area contributed by atoms with E-state index in [2.05, 4.69) is 27.6 Å². The molecule has 0 radical (unpaired) electrons. The van der Waals surface area contributed by atoms with Crippen molar-refractivity contribution in [1.82, 2.24) is 4.98 Å². The van der Waals surface area contributed by atoms with E-state index in [1.807, 2.05) is 0 Å². The maximum atomic E-state index is 11.5. The molecule has 1 aromatic rings. The molecule has 1 fully saturated rings.